The summed E-state index contributed by atoms with van der Waals surface area (Å²) in [6.07, 6.45) is 5.42. The van der Waals surface area contributed by atoms with Gasteiger partial charge >= 0.3 is 0 Å². The van der Waals surface area contributed by atoms with Gasteiger partial charge in [0.05, 0.1) is 12.8 Å². The number of rotatable bonds is 6. The lowest BCUT2D eigenvalue weighted by atomic mass is 10.0. The number of aryl methyl sites for hydroxylation is 2. The van der Waals surface area contributed by atoms with Crippen LogP contribution in [0.2, 0.25) is 0 Å². The molecule has 0 fully saturated rings. The van der Waals surface area contributed by atoms with E-state index in [4.69, 9.17) is 10.5 Å². The van der Waals surface area contributed by atoms with Crippen LogP contribution in [0.5, 0.6) is 5.75 Å². The van der Waals surface area contributed by atoms with E-state index in [1.54, 1.807) is 6.20 Å². The van der Waals surface area contributed by atoms with Crippen LogP contribution in [0.15, 0.2) is 42.7 Å². The van der Waals surface area contributed by atoms with Gasteiger partial charge in [0.15, 0.2) is 0 Å². The Hall–Kier alpha value is -1.87. The van der Waals surface area contributed by atoms with Gasteiger partial charge in [0, 0.05) is 12.2 Å². The molecule has 2 aromatic rings. The molecule has 1 heterocycles. The number of aromatic nitrogens is 1. The molecule has 0 saturated heterocycles. The van der Waals surface area contributed by atoms with Crippen LogP contribution in [0.3, 0.4) is 0 Å². The molecular weight excluding hydrogens is 248 g/mol. The van der Waals surface area contributed by atoms with Crippen molar-refractivity contribution in [2.75, 3.05) is 6.61 Å². The van der Waals surface area contributed by atoms with Crippen LogP contribution in [-0.2, 0) is 6.42 Å². The third-order valence-corrected chi connectivity index (χ3v) is 3.34. The third-order valence-electron chi connectivity index (χ3n) is 3.34. The Morgan fingerprint density at radius 3 is 2.65 bits per heavy atom. The first-order valence-corrected chi connectivity index (χ1v) is 7.08. The highest BCUT2D eigenvalue weighted by Gasteiger charge is 2.08. The third kappa shape index (κ3) is 4.07. The fourth-order valence-electron chi connectivity index (χ4n) is 2.13. The highest BCUT2D eigenvalue weighted by Crippen LogP contribution is 2.20. The van der Waals surface area contributed by atoms with Crippen molar-refractivity contribution in [1.29, 1.82) is 0 Å². The highest BCUT2D eigenvalue weighted by molar-refractivity contribution is 5.26. The Balaban J connectivity index is 1.95. The zero-order valence-electron chi connectivity index (χ0n) is 12.2. The van der Waals surface area contributed by atoms with Crippen molar-refractivity contribution in [2.45, 2.75) is 32.7 Å². The fourth-order valence-corrected chi connectivity index (χ4v) is 2.13. The van der Waals surface area contributed by atoms with Crippen molar-refractivity contribution >= 4 is 0 Å². The van der Waals surface area contributed by atoms with Crippen LogP contribution in [0, 0.1) is 6.92 Å². The van der Waals surface area contributed by atoms with Gasteiger partial charge in [-0.15, -0.1) is 0 Å². The van der Waals surface area contributed by atoms with Crippen molar-refractivity contribution in [2.24, 2.45) is 5.73 Å². The molecular formula is C17H22N2O. The van der Waals surface area contributed by atoms with Gasteiger partial charge in [0.25, 0.3) is 0 Å². The topological polar surface area (TPSA) is 48.1 Å². The Morgan fingerprint density at radius 2 is 1.95 bits per heavy atom. The zero-order chi connectivity index (χ0) is 14.4. The predicted octanol–water partition coefficient (Wildman–Crippen LogP) is 3.42. The molecule has 1 unspecified atom stereocenters. The van der Waals surface area contributed by atoms with Gasteiger partial charge in [-0.05, 0) is 43.9 Å². The first-order valence-electron chi connectivity index (χ1n) is 7.08. The number of nitrogens with two attached hydrogens (primary N) is 1. The molecule has 0 aliphatic heterocycles. The normalized spacial score (nSPS) is 12.2. The molecule has 0 spiro atoms. The second-order valence-corrected chi connectivity index (χ2v) is 5.02. The maximum atomic E-state index is 6.24. The molecule has 3 heteroatoms. The van der Waals surface area contributed by atoms with Crippen LogP contribution in [-0.4, -0.2) is 11.6 Å². The van der Waals surface area contributed by atoms with E-state index in [2.05, 4.69) is 36.2 Å². The molecule has 2 rings (SSSR count). The molecule has 106 valence electrons. The lowest BCUT2D eigenvalue weighted by molar-refractivity contribution is 0.338. The maximum absolute atomic E-state index is 6.24. The van der Waals surface area contributed by atoms with Crippen LogP contribution in [0.1, 0.15) is 36.1 Å². The summed E-state index contributed by atoms with van der Waals surface area (Å²) in [6, 6.07) is 10.6. The van der Waals surface area contributed by atoms with Crippen LogP contribution < -0.4 is 10.5 Å². The van der Waals surface area contributed by atoms with E-state index in [1.165, 1.54) is 11.1 Å². The van der Waals surface area contributed by atoms with E-state index in [1.807, 2.05) is 19.2 Å². The standard InChI is InChI=1S/C17H22N2O/c1-3-20-16-10-15(11-19-12-16)17(18)9-8-14-6-4-13(2)5-7-14/h4-7,10-12,17H,3,8-9,18H2,1-2H3. The first-order chi connectivity index (χ1) is 9.69. The molecule has 1 atom stereocenters. The minimum atomic E-state index is -0.00999. The number of ether oxygens (including phenoxy) is 1. The summed E-state index contributed by atoms with van der Waals surface area (Å²) >= 11 is 0. The Morgan fingerprint density at radius 1 is 1.20 bits per heavy atom. The molecule has 0 radical (unpaired) electrons. The van der Waals surface area contributed by atoms with Gasteiger partial charge in [0.1, 0.15) is 5.75 Å². The number of hydrogen-bond donors (Lipinski definition) is 1. The quantitative estimate of drug-likeness (QED) is 0.875. The van der Waals surface area contributed by atoms with E-state index in [0.717, 1.165) is 24.2 Å². The molecule has 2 N–H and O–H groups in total. The lowest BCUT2D eigenvalue weighted by Crippen LogP contribution is -2.12. The zero-order valence-corrected chi connectivity index (χ0v) is 12.2. The van der Waals surface area contributed by atoms with Gasteiger partial charge in [-0.2, -0.15) is 0 Å². The van der Waals surface area contributed by atoms with E-state index in [9.17, 15) is 0 Å². The number of pyridine rings is 1. The average Bonchev–Trinajstić information content (AvgIpc) is 2.47. The van der Waals surface area contributed by atoms with Crippen LogP contribution in [0.4, 0.5) is 0 Å². The van der Waals surface area contributed by atoms with Gasteiger partial charge in [-0.1, -0.05) is 29.8 Å². The average molecular weight is 270 g/mol. The predicted molar refractivity (Wildman–Crippen MR) is 81.8 cm³/mol. The number of benzene rings is 1. The SMILES string of the molecule is CCOc1cncc(C(N)CCc2ccc(C)cc2)c1. The minimum absolute atomic E-state index is 0.00999. The summed E-state index contributed by atoms with van der Waals surface area (Å²) in [4.78, 5) is 4.19. The Bertz CT molecular complexity index is 537. The molecule has 1 aromatic carbocycles. The van der Waals surface area contributed by atoms with E-state index >= 15 is 0 Å². The minimum Gasteiger partial charge on any atom is -0.492 e. The molecule has 3 nitrogen and oxygen atoms in total. The second kappa shape index (κ2) is 7.06. The van der Waals surface area contributed by atoms with Crippen molar-refractivity contribution < 1.29 is 4.74 Å². The first kappa shape index (κ1) is 14.5. The summed E-state index contributed by atoms with van der Waals surface area (Å²) in [5.74, 6) is 0.788. The molecule has 0 bridgehead atoms. The molecule has 0 aliphatic carbocycles. The fraction of sp³-hybridized carbons (Fsp3) is 0.353. The second-order valence-electron chi connectivity index (χ2n) is 5.02. The Labute approximate surface area is 120 Å². The van der Waals surface area contributed by atoms with Gasteiger partial charge in [0.2, 0.25) is 0 Å². The van der Waals surface area contributed by atoms with Crippen molar-refractivity contribution in [1.82, 2.24) is 4.98 Å². The van der Waals surface area contributed by atoms with Crippen LogP contribution in [0.25, 0.3) is 0 Å². The molecule has 1 aromatic heterocycles. The summed E-state index contributed by atoms with van der Waals surface area (Å²) in [5, 5.41) is 0. The summed E-state index contributed by atoms with van der Waals surface area (Å²) < 4.78 is 5.45. The summed E-state index contributed by atoms with van der Waals surface area (Å²) in [7, 11) is 0. The van der Waals surface area contributed by atoms with Gasteiger partial charge < -0.3 is 10.5 Å². The highest BCUT2D eigenvalue weighted by atomic mass is 16.5. The van der Waals surface area contributed by atoms with Crippen molar-refractivity contribution in [3.63, 3.8) is 0 Å². The number of nitrogens with zero attached hydrogens (tertiary/aromatic N) is 1. The van der Waals surface area contributed by atoms with Gasteiger partial charge in [-0.3, -0.25) is 4.98 Å². The molecule has 0 amide bonds. The van der Waals surface area contributed by atoms with E-state index in [-0.39, 0.29) is 6.04 Å². The monoisotopic (exact) mass is 270 g/mol. The Kier molecular flexibility index (Phi) is 5.13. The maximum Gasteiger partial charge on any atom is 0.137 e. The largest absolute Gasteiger partial charge is 0.492 e. The smallest absolute Gasteiger partial charge is 0.137 e. The summed E-state index contributed by atoms with van der Waals surface area (Å²) in [5.41, 5.74) is 9.88. The van der Waals surface area contributed by atoms with E-state index in [0.29, 0.717) is 6.61 Å². The molecule has 0 aliphatic rings. The van der Waals surface area contributed by atoms with E-state index < -0.39 is 0 Å². The molecule has 20 heavy (non-hydrogen) atoms. The number of hydrogen-bond acceptors (Lipinski definition) is 3. The van der Waals surface area contributed by atoms with Crippen LogP contribution >= 0.6 is 0 Å². The molecule has 0 saturated carbocycles. The van der Waals surface area contributed by atoms with Gasteiger partial charge in [-0.25, -0.2) is 0 Å². The lowest BCUT2D eigenvalue weighted by Gasteiger charge is -2.13. The summed E-state index contributed by atoms with van der Waals surface area (Å²) in [6.45, 7) is 4.70. The van der Waals surface area contributed by atoms with Crippen molar-refractivity contribution in [3.8, 4) is 5.75 Å². The van der Waals surface area contributed by atoms with Crippen molar-refractivity contribution in [3.05, 3.63) is 59.4 Å².